The number of ether oxygens (including phenoxy) is 3. The lowest BCUT2D eigenvalue weighted by atomic mass is 10.1. The molecule has 7 nitrogen and oxygen atoms in total. The molecule has 0 N–H and O–H groups in total. The van der Waals surface area contributed by atoms with Gasteiger partial charge in [-0.1, -0.05) is 46.1 Å². The molecule has 0 bridgehead atoms. The van der Waals surface area contributed by atoms with Gasteiger partial charge in [0.1, 0.15) is 22.8 Å². The lowest BCUT2D eigenvalue weighted by molar-refractivity contribution is -0.154. The van der Waals surface area contributed by atoms with Crippen molar-refractivity contribution in [2.45, 2.75) is 85.9 Å². The van der Waals surface area contributed by atoms with Gasteiger partial charge < -0.3 is 18.6 Å². The minimum Gasteiger partial charge on any atom is -0.494 e. The summed E-state index contributed by atoms with van der Waals surface area (Å²) in [5, 5.41) is -0.120. The van der Waals surface area contributed by atoms with Crippen LogP contribution in [0.5, 0.6) is 23.0 Å². The van der Waals surface area contributed by atoms with Crippen molar-refractivity contribution in [3.05, 3.63) is 92.8 Å². The summed E-state index contributed by atoms with van der Waals surface area (Å²) in [6, 6.07) is 14.0. The summed E-state index contributed by atoms with van der Waals surface area (Å²) in [5.41, 5.74) is 0.804. The fraction of sp³-hybridized carbons (Fsp3) is 0.421. The van der Waals surface area contributed by atoms with Gasteiger partial charge in [-0.05, 0) is 106 Å². The van der Waals surface area contributed by atoms with E-state index in [9.17, 15) is 22.8 Å². The summed E-state index contributed by atoms with van der Waals surface area (Å²) in [6.45, 7) is 11.7. The first-order chi connectivity index (χ1) is 23.0. The second kappa shape index (κ2) is 16.7. The molecule has 4 aromatic rings. The molecule has 0 fully saturated rings. The van der Waals surface area contributed by atoms with Gasteiger partial charge in [0.05, 0.1) is 23.1 Å². The number of hydrogen-bond acceptors (Lipinski definition) is 7. The van der Waals surface area contributed by atoms with Gasteiger partial charge in [-0.15, -0.1) is 0 Å². The van der Waals surface area contributed by atoms with E-state index in [1.807, 2.05) is 25.7 Å². The Labute approximate surface area is 279 Å². The van der Waals surface area contributed by atoms with Gasteiger partial charge in [0.2, 0.25) is 11.2 Å². The molecule has 0 spiro atoms. The van der Waals surface area contributed by atoms with Gasteiger partial charge in [0, 0.05) is 6.54 Å². The van der Waals surface area contributed by atoms with Crippen LogP contribution in [0.15, 0.2) is 63.8 Å². The topological polar surface area (TPSA) is 78.2 Å². The molecule has 48 heavy (non-hydrogen) atoms. The molecule has 0 aliphatic rings. The van der Waals surface area contributed by atoms with Gasteiger partial charge in [0.25, 0.3) is 5.76 Å². The van der Waals surface area contributed by atoms with Crippen LogP contribution in [0.1, 0.15) is 92.1 Å². The number of halogens is 3. The van der Waals surface area contributed by atoms with Crippen molar-refractivity contribution in [2.24, 2.45) is 0 Å². The average Bonchev–Trinajstić information content (AvgIpc) is 3.04. The van der Waals surface area contributed by atoms with Crippen molar-refractivity contribution >= 4 is 16.9 Å². The number of alkyl halides is 3. The standard InChI is InChI=1S/C38H44F3NO6/c1-6-9-10-11-22-45-28-16-13-27(14-17-28)37(44)47-32-19-18-30-33(43)35(46-29-15-12-25(4)26(5)23-29)36(38(39,40)41)48-34(30)31(32)24-42(20-7-2)21-8-3/h12-19,23H,6-11,20-22,24H2,1-5H3. The van der Waals surface area contributed by atoms with E-state index in [1.165, 1.54) is 18.2 Å². The Kier molecular flexibility index (Phi) is 12.7. The van der Waals surface area contributed by atoms with Gasteiger partial charge in [-0.2, -0.15) is 13.2 Å². The van der Waals surface area contributed by atoms with Crippen LogP contribution in [0.4, 0.5) is 13.2 Å². The van der Waals surface area contributed by atoms with Crippen LogP contribution >= 0.6 is 0 Å². The van der Waals surface area contributed by atoms with Crippen molar-refractivity contribution in [1.82, 2.24) is 4.90 Å². The second-order valence-electron chi connectivity index (χ2n) is 12.0. The van der Waals surface area contributed by atoms with Crippen molar-refractivity contribution < 1.29 is 36.6 Å². The van der Waals surface area contributed by atoms with E-state index in [0.29, 0.717) is 25.4 Å². The maximum absolute atomic E-state index is 14.5. The molecule has 1 heterocycles. The lowest BCUT2D eigenvalue weighted by Crippen LogP contribution is -2.26. The van der Waals surface area contributed by atoms with Crippen LogP contribution in [0.25, 0.3) is 11.0 Å². The number of rotatable bonds is 16. The molecule has 0 amide bonds. The van der Waals surface area contributed by atoms with Gasteiger partial charge in [-0.25, -0.2) is 4.79 Å². The zero-order valence-electron chi connectivity index (χ0n) is 28.3. The molecule has 0 aliphatic carbocycles. The Morgan fingerprint density at radius 3 is 2.15 bits per heavy atom. The zero-order valence-corrected chi connectivity index (χ0v) is 28.3. The first kappa shape index (κ1) is 36.5. The molecule has 0 atom stereocenters. The molecule has 10 heteroatoms. The van der Waals surface area contributed by atoms with Crippen LogP contribution in [-0.4, -0.2) is 30.6 Å². The van der Waals surface area contributed by atoms with Gasteiger partial charge in [0.15, 0.2) is 0 Å². The van der Waals surface area contributed by atoms with Crippen LogP contribution in [-0.2, 0) is 12.7 Å². The predicted molar refractivity (Wildman–Crippen MR) is 180 cm³/mol. The highest BCUT2D eigenvalue weighted by molar-refractivity contribution is 5.92. The van der Waals surface area contributed by atoms with Crippen molar-refractivity contribution in [1.29, 1.82) is 0 Å². The van der Waals surface area contributed by atoms with Gasteiger partial charge >= 0.3 is 12.1 Å². The van der Waals surface area contributed by atoms with Gasteiger partial charge in [-0.3, -0.25) is 9.69 Å². The summed E-state index contributed by atoms with van der Waals surface area (Å²) in [4.78, 5) is 29.1. The fourth-order valence-corrected chi connectivity index (χ4v) is 5.39. The number of fused-ring (bicyclic) bond motifs is 1. The van der Waals surface area contributed by atoms with Crippen LogP contribution in [0.2, 0.25) is 0 Å². The third kappa shape index (κ3) is 9.18. The lowest BCUT2D eigenvalue weighted by Gasteiger charge is -2.23. The molecule has 0 unspecified atom stereocenters. The van der Waals surface area contributed by atoms with Crippen LogP contribution < -0.4 is 19.6 Å². The first-order valence-corrected chi connectivity index (χ1v) is 16.6. The number of benzene rings is 3. The largest absolute Gasteiger partial charge is 0.494 e. The molecule has 0 aliphatic heterocycles. The van der Waals surface area contributed by atoms with Crippen molar-refractivity contribution in [2.75, 3.05) is 19.7 Å². The molecule has 0 radical (unpaired) electrons. The Morgan fingerprint density at radius 1 is 0.833 bits per heavy atom. The summed E-state index contributed by atoms with van der Waals surface area (Å²) in [5.74, 6) is -2.54. The molecule has 0 saturated carbocycles. The second-order valence-corrected chi connectivity index (χ2v) is 12.0. The normalized spacial score (nSPS) is 11.7. The Morgan fingerprint density at radius 2 is 1.52 bits per heavy atom. The molecule has 0 saturated heterocycles. The highest BCUT2D eigenvalue weighted by Gasteiger charge is 2.41. The molecular formula is C38H44F3NO6. The van der Waals surface area contributed by atoms with E-state index in [4.69, 9.17) is 18.6 Å². The van der Waals surface area contributed by atoms with Crippen LogP contribution in [0, 0.1) is 13.8 Å². The van der Waals surface area contributed by atoms with E-state index in [1.54, 1.807) is 43.3 Å². The molecule has 258 valence electrons. The van der Waals surface area contributed by atoms with Crippen molar-refractivity contribution in [3.63, 3.8) is 0 Å². The smallest absolute Gasteiger partial charge is 0.453 e. The van der Waals surface area contributed by atoms with E-state index < -0.39 is 29.1 Å². The van der Waals surface area contributed by atoms with Crippen molar-refractivity contribution in [3.8, 4) is 23.0 Å². The number of nitrogens with zero attached hydrogens (tertiary/aromatic N) is 1. The molecular weight excluding hydrogens is 623 g/mol. The number of carbonyl (C=O) groups is 1. The number of esters is 1. The summed E-state index contributed by atoms with van der Waals surface area (Å²) < 4.78 is 66.3. The maximum atomic E-state index is 14.5. The number of hydrogen-bond donors (Lipinski definition) is 0. The summed E-state index contributed by atoms with van der Waals surface area (Å²) in [7, 11) is 0. The average molecular weight is 668 g/mol. The quantitative estimate of drug-likeness (QED) is 0.0669. The molecule has 4 rings (SSSR count). The number of carbonyl (C=O) groups excluding carboxylic acids is 1. The van der Waals surface area contributed by atoms with Crippen LogP contribution in [0.3, 0.4) is 0 Å². The summed E-state index contributed by atoms with van der Waals surface area (Å²) >= 11 is 0. The highest BCUT2D eigenvalue weighted by Crippen LogP contribution is 2.40. The third-order valence-electron chi connectivity index (χ3n) is 8.06. The van der Waals surface area contributed by atoms with E-state index in [2.05, 4.69) is 6.92 Å². The number of aryl methyl sites for hydroxylation is 2. The Hall–Kier alpha value is -4.31. The Bertz CT molecular complexity index is 1740. The SMILES string of the molecule is CCCCCCOc1ccc(C(=O)Oc2ccc3c(=O)c(Oc4ccc(C)c(C)c4)c(C(F)(F)F)oc3c2CN(CCC)CCC)cc1. The zero-order chi connectivity index (χ0) is 34.8. The summed E-state index contributed by atoms with van der Waals surface area (Å²) in [6.07, 6.45) is 0.775. The predicted octanol–water partition coefficient (Wildman–Crippen LogP) is 10.0. The Balaban J connectivity index is 1.76. The van der Waals surface area contributed by atoms with E-state index >= 15 is 0 Å². The minimum atomic E-state index is -5.06. The monoisotopic (exact) mass is 667 g/mol. The fourth-order valence-electron chi connectivity index (χ4n) is 5.39. The number of unbranched alkanes of at least 4 members (excludes halogenated alkanes) is 3. The molecule has 3 aromatic carbocycles. The highest BCUT2D eigenvalue weighted by atomic mass is 19.4. The third-order valence-corrected chi connectivity index (χ3v) is 8.06. The minimum absolute atomic E-state index is 0.0000547. The maximum Gasteiger partial charge on any atom is 0.453 e. The first-order valence-electron chi connectivity index (χ1n) is 16.6. The van der Waals surface area contributed by atoms with E-state index in [0.717, 1.165) is 49.7 Å². The van der Waals surface area contributed by atoms with E-state index in [-0.39, 0.29) is 40.1 Å². The molecule has 1 aromatic heterocycles.